The third-order valence-electron chi connectivity index (χ3n) is 4.45. The van der Waals surface area contributed by atoms with E-state index in [1.54, 1.807) is 0 Å². The lowest BCUT2D eigenvalue weighted by Gasteiger charge is -2.34. The van der Waals surface area contributed by atoms with Crippen molar-refractivity contribution < 1.29 is 14.7 Å². The Labute approximate surface area is 114 Å². The Hall–Kier alpha value is -1.10. The SMILES string of the molecule is O=C(CC1(C(=O)O)CCCCC1)N1CCCNCC1. The maximum absolute atomic E-state index is 12.4. The Morgan fingerprint density at radius 3 is 2.47 bits per heavy atom. The monoisotopic (exact) mass is 268 g/mol. The standard InChI is InChI=1S/C14H24N2O3/c17-12(16-9-4-7-15-8-10-16)11-14(13(18)19)5-2-1-3-6-14/h15H,1-11H2,(H,18,19). The van der Waals surface area contributed by atoms with Crippen molar-refractivity contribution in [1.82, 2.24) is 10.2 Å². The fraction of sp³-hybridized carbons (Fsp3) is 0.857. The van der Waals surface area contributed by atoms with Crippen molar-refractivity contribution in [1.29, 1.82) is 0 Å². The molecule has 1 aliphatic heterocycles. The van der Waals surface area contributed by atoms with Crippen molar-refractivity contribution in [2.75, 3.05) is 26.2 Å². The van der Waals surface area contributed by atoms with Gasteiger partial charge in [0.05, 0.1) is 5.41 Å². The molecular weight excluding hydrogens is 244 g/mol. The van der Waals surface area contributed by atoms with Crippen LogP contribution in [0.4, 0.5) is 0 Å². The summed E-state index contributed by atoms with van der Waals surface area (Å²) in [6.07, 6.45) is 5.40. The molecule has 108 valence electrons. The Morgan fingerprint density at radius 1 is 1.05 bits per heavy atom. The van der Waals surface area contributed by atoms with Gasteiger partial charge in [-0.3, -0.25) is 9.59 Å². The van der Waals surface area contributed by atoms with Gasteiger partial charge in [-0.25, -0.2) is 0 Å². The molecule has 5 heteroatoms. The van der Waals surface area contributed by atoms with Gasteiger partial charge in [0, 0.05) is 26.1 Å². The van der Waals surface area contributed by atoms with Gasteiger partial charge in [0.25, 0.3) is 0 Å². The number of amides is 1. The largest absolute Gasteiger partial charge is 0.481 e. The number of carboxylic acid groups (broad SMARTS) is 1. The Kier molecular flexibility index (Phi) is 4.80. The van der Waals surface area contributed by atoms with Crippen molar-refractivity contribution in [3.8, 4) is 0 Å². The van der Waals surface area contributed by atoms with Crippen LogP contribution >= 0.6 is 0 Å². The molecule has 1 aliphatic carbocycles. The number of nitrogens with zero attached hydrogens (tertiary/aromatic N) is 1. The smallest absolute Gasteiger partial charge is 0.310 e. The van der Waals surface area contributed by atoms with Gasteiger partial charge in [-0.2, -0.15) is 0 Å². The average Bonchev–Trinajstić information content (AvgIpc) is 2.68. The van der Waals surface area contributed by atoms with Crippen molar-refractivity contribution >= 4 is 11.9 Å². The van der Waals surface area contributed by atoms with E-state index in [4.69, 9.17) is 0 Å². The lowest BCUT2D eigenvalue weighted by molar-refractivity contribution is -0.156. The lowest BCUT2D eigenvalue weighted by Crippen LogP contribution is -2.42. The van der Waals surface area contributed by atoms with Crippen LogP contribution in [-0.4, -0.2) is 48.1 Å². The van der Waals surface area contributed by atoms with Crippen molar-refractivity contribution in [3.63, 3.8) is 0 Å². The van der Waals surface area contributed by atoms with Gasteiger partial charge in [-0.05, 0) is 25.8 Å². The second-order valence-corrected chi connectivity index (χ2v) is 5.81. The molecule has 1 saturated carbocycles. The second kappa shape index (κ2) is 6.37. The van der Waals surface area contributed by atoms with E-state index in [2.05, 4.69) is 5.32 Å². The molecule has 0 radical (unpaired) electrons. The van der Waals surface area contributed by atoms with Crippen molar-refractivity contribution in [2.45, 2.75) is 44.9 Å². The summed E-state index contributed by atoms with van der Waals surface area (Å²) in [5, 5.41) is 12.8. The molecule has 0 unspecified atom stereocenters. The Morgan fingerprint density at radius 2 is 1.79 bits per heavy atom. The van der Waals surface area contributed by atoms with E-state index in [-0.39, 0.29) is 12.3 Å². The molecule has 1 amide bonds. The summed E-state index contributed by atoms with van der Waals surface area (Å²) in [6, 6.07) is 0. The van der Waals surface area contributed by atoms with Gasteiger partial charge in [0.15, 0.2) is 0 Å². The molecule has 0 aromatic heterocycles. The number of carbonyl (C=O) groups is 2. The molecule has 2 N–H and O–H groups in total. The third kappa shape index (κ3) is 3.47. The minimum atomic E-state index is -0.797. The summed E-state index contributed by atoms with van der Waals surface area (Å²) >= 11 is 0. The molecule has 19 heavy (non-hydrogen) atoms. The fourth-order valence-corrected chi connectivity index (χ4v) is 3.19. The summed E-state index contributed by atoms with van der Waals surface area (Å²) in [7, 11) is 0. The molecular formula is C14H24N2O3. The van der Waals surface area contributed by atoms with Gasteiger partial charge in [-0.15, -0.1) is 0 Å². The molecule has 0 aromatic rings. The highest BCUT2D eigenvalue weighted by Gasteiger charge is 2.42. The first-order valence-electron chi connectivity index (χ1n) is 7.36. The third-order valence-corrected chi connectivity index (χ3v) is 4.45. The summed E-state index contributed by atoms with van der Waals surface area (Å²) in [5.41, 5.74) is -0.797. The number of rotatable bonds is 3. The molecule has 0 spiro atoms. The Balaban J connectivity index is 1.99. The second-order valence-electron chi connectivity index (χ2n) is 5.81. The van der Waals surface area contributed by atoms with Gasteiger partial charge < -0.3 is 15.3 Å². The predicted octanol–water partition coefficient (Wildman–Crippen LogP) is 1.23. The summed E-state index contributed by atoms with van der Waals surface area (Å²) in [6.45, 7) is 3.20. The van der Waals surface area contributed by atoms with E-state index in [1.165, 1.54) is 0 Å². The van der Waals surface area contributed by atoms with E-state index in [0.29, 0.717) is 19.4 Å². The fourth-order valence-electron chi connectivity index (χ4n) is 3.19. The van der Waals surface area contributed by atoms with Crippen LogP contribution in [0.2, 0.25) is 0 Å². The summed E-state index contributed by atoms with van der Waals surface area (Å²) < 4.78 is 0. The highest BCUT2D eigenvalue weighted by molar-refractivity contribution is 5.85. The zero-order valence-corrected chi connectivity index (χ0v) is 11.5. The zero-order valence-electron chi connectivity index (χ0n) is 11.5. The number of nitrogens with one attached hydrogen (secondary N) is 1. The molecule has 0 aromatic carbocycles. The molecule has 2 rings (SSSR count). The molecule has 0 bridgehead atoms. The van der Waals surface area contributed by atoms with E-state index in [1.807, 2.05) is 4.90 Å². The minimum absolute atomic E-state index is 0.0213. The molecule has 0 atom stereocenters. The van der Waals surface area contributed by atoms with E-state index in [0.717, 1.165) is 45.3 Å². The lowest BCUT2D eigenvalue weighted by atomic mass is 9.71. The number of carboxylic acids is 1. The highest BCUT2D eigenvalue weighted by Crippen LogP contribution is 2.40. The predicted molar refractivity (Wildman–Crippen MR) is 71.8 cm³/mol. The van der Waals surface area contributed by atoms with Crippen LogP contribution in [0.3, 0.4) is 0 Å². The first kappa shape index (κ1) is 14.3. The van der Waals surface area contributed by atoms with Gasteiger partial charge in [0.2, 0.25) is 5.91 Å². The molecule has 2 aliphatic rings. The van der Waals surface area contributed by atoms with E-state index >= 15 is 0 Å². The van der Waals surface area contributed by atoms with Gasteiger partial charge >= 0.3 is 5.97 Å². The maximum Gasteiger partial charge on any atom is 0.310 e. The van der Waals surface area contributed by atoms with E-state index < -0.39 is 11.4 Å². The minimum Gasteiger partial charge on any atom is -0.481 e. The number of aliphatic carboxylic acids is 1. The summed E-state index contributed by atoms with van der Waals surface area (Å²) in [5.74, 6) is -0.763. The molecule has 1 saturated heterocycles. The number of hydrogen-bond donors (Lipinski definition) is 2. The summed E-state index contributed by atoms with van der Waals surface area (Å²) in [4.78, 5) is 25.8. The van der Waals surface area contributed by atoms with Crippen LogP contribution in [0.15, 0.2) is 0 Å². The van der Waals surface area contributed by atoms with Crippen LogP contribution in [0.25, 0.3) is 0 Å². The van der Waals surface area contributed by atoms with Gasteiger partial charge in [0.1, 0.15) is 0 Å². The topological polar surface area (TPSA) is 69.6 Å². The molecule has 5 nitrogen and oxygen atoms in total. The van der Waals surface area contributed by atoms with Crippen molar-refractivity contribution in [3.05, 3.63) is 0 Å². The van der Waals surface area contributed by atoms with Crippen LogP contribution < -0.4 is 5.32 Å². The molecule has 1 heterocycles. The van der Waals surface area contributed by atoms with Gasteiger partial charge in [-0.1, -0.05) is 19.3 Å². The van der Waals surface area contributed by atoms with Crippen LogP contribution in [0.1, 0.15) is 44.9 Å². The average molecular weight is 268 g/mol. The van der Waals surface area contributed by atoms with Crippen LogP contribution in [0.5, 0.6) is 0 Å². The highest BCUT2D eigenvalue weighted by atomic mass is 16.4. The van der Waals surface area contributed by atoms with Crippen LogP contribution in [0, 0.1) is 5.41 Å². The number of carbonyl (C=O) groups excluding carboxylic acids is 1. The quantitative estimate of drug-likeness (QED) is 0.808. The maximum atomic E-state index is 12.4. The first-order chi connectivity index (χ1) is 9.14. The molecule has 2 fully saturated rings. The van der Waals surface area contributed by atoms with Crippen LogP contribution in [-0.2, 0) is 9.59 Å². The Bertz CT molecular complexity index is 330. The number of hydrogen-bond acceptors (Lipinski definition) is 3. The first-order valence-corrected chi connectivity index (χ1v) is 7.36. The normalized spacial score (nSPS) is 23.7. The zero-order chi connectivity index (χ0) is 13.7. The van der Waals surface area contributed by atoms with E-state index in [9.17, 15) is 14.7 Å². The van der Waals surface area contributed by atoms with Crippen molar-refractivity contribution in [2.24, 2.45) is 5.41 Å².